The second kappa shape index (κ2) is 8.71. The van der Waals surface area contributed by atoms with Gasteiger partial charge in [-0.2, -0.15) is 13.0 Å². The second-order valence-electron chi connectivity index (χ2n) is 1.73. The quantitative estimate of drug-likeness (QED) is 0.601. The van der Waals surface area contributed by atoms with E-state index < -0.39 is 0 Å². The second-order valence-corrected chi connectivity index (χ2v) is 1.73. The van der Waals surface area contributed by atoms with Crippen molar-refractivity contribution in [3.8, 4) is 0 Å². The summed E-state index contributed by atoms with van der Waals surface area (Å²) < 4.78 is 0. The summed E-state index contributed by atoms with van der Waals surface area (Å²) in [6.45, 7) is 5.94. The predicted molar refractivity (Wildman–Crippen MR) is 37.4 cm³/mol. The maximum atomic E-state index is 5.20. The van der Waals surface area contributed by atoms with E-state index in [0.717, 1.165) is 0 Å². The molecule has 0 bridgehead atoms. The molecule has 0 aliphatic rings. The van der Waals surface area contributed by atoms with Crippen LogP contribution in [-0.4, -0.2) is 13.9 Å². The molecule has 0 saturated carbocycles. The van der Waals surface area contributed by atoms with E-state index in [1.807, 2.05) is 13.5 Å². The summed E-state index contributed by atoms with van der Waals surface area (Å²) in [7, 11) is 5.20. The zero-order chi connectivity index (χ0) is 6.41. The van der Waals surface area contributed by atoms with Gasteiger partial charge in [0.2, 0.25) is 0 Å². The number of nitrogens with one attached hydrogen (secondary N) is 1. The van der Waals surface area contributed by atoms with Crippen molar-refractivity contribution in [2.45, 2.75) is 26.2 Å². The van der Waals surface area contributed by atoms with E-state index in [-0.39, 0.29) is 21.1 Å². The number of hydrogen-bond acceptors (Lipinski definition) is 1. The Morgan fingerprint density at radius 1 is 1.67 bits per heavy atom. The van der Waals surface area contributed by atoms with Crippen LogP contribution in [0.2, 0.25) is 6.32 Å². The molecule has 3 heteroatoms. The molecule has 0 aromatic rings. The van der Waals surface area contributed by atoms with Gasteiger partial charge in [0.05, 0.1) is 0 Å². The molecule has 0 heterocycles. The van der Waals surface area contributed by atoms with E-state index in [9.17, 15) is 0 Å². The third kappa shape index (κ3) is 8.71. The Hall–Kier alpha value is 0.713. The summed E-state index contributed by atoms with van der Waals surface area (Å²) in [4.78, 5) is 0. The summed E-state index contributed by atoms with van der Waals surface area (Å²) in [5.41, 5.74) is 0. The minimum Gasteiger partial charge on any atom is -0.493 e. The van der Waals surface area contributed by atoms with Crippen LogP contribution in [0.3, 0.4) is 0 Å². The largest absolute Gasteiger partial charge is 2.00 e. The Labute approximate surface area is 73.7 Å². The Morgan fingerprint density at radius 2 is 2.22 bits per heavy atom. The van der Waals surface area contributed by atoms with Crippen molar-refractivity contribution in [2.24, 2.45) is 0 Å². The normalized spacial score (nSPS) is 12.2. The van der Waals surface area contributed by atoms with Crippen LogP contribution in [0.15, 0.2) is 0 Å². The molecule has 50 valence electrons. The van der Waals surface area contributed by atoms with Crippen LogP contribution >= 0.6 is 0 Å². The predicted octanol–water partition coefficient (Wildman–Crippen LogP) is 0.935. The van der Waals surface area contributed by atoms with Crippen LogP contribution in [0.25, 0.3) is 0 Å². The van der Waals surface area contributed by atoms with Gasteiger partial charge in [-0.05, 0) is 0 Å². The third-order valence-electron chi connectivity index (χ3n) is 0.999. The smallest absolute Gasteiger partial charge is 0.493 e. The molecule has 1 nitrogen and oxygen atoms in total. The van der Waals surface area contributed by atoms with Gasteiger partial charge in [-0.15, -0.1) is 0 Å². The Bertz CT molecular complexity index is 52.3. The first-order valence-corrected chi connectivity index (χ1v) is 2.88. The number of rotatable bonds is 4. The van der Waals surface area contributed by atoms with Crippen molar-refractivity contribution in [1.82, 2.24) is 5.32 Å². The van der Waals surface area contributed by atoms with E-state index in [4.69, 9.17) is 7.85 Å². The van der Waals surface area contributed by atoms with Crippen LogP contribution in [-0.2, 0) is 21.1 Å². The molecule has 0 saturated heterocycles. The molecule has 2 radical (unpaired) electrons. The molecule has 0 aromatic carbocycles. The van der Waals surface area contributed by atoms with Gasteiger partial charge in [-0.25, -0.2) is 6.32 Å². The average Bonchev–Trinajstić information content (AvgIpc) is 1.83. The van der Waals surface area contributed by atoms with Gasteiger partial charge in [0.1, 0.15) is 0 Å². The van der Waals surface area contributed by atoms with E-state index >= 15 is 0 Å². The maximum absolute atomic E-state index is 5.20. The first-order chi connectivity index (χ1) is 3.81. The molecule has 0 aliphatic heterocycles. The summed E-state index contributed by atoms with van der Waals surface area (Å²) in [6, 6.07) is 0.443. The molecule has 1 atom stereocenters. The Balaban J connectivity index is 0. The van der Waals surface area contributed by atoms with Crippen LogP contribution in [0.4, 0.5) is 0 Å². The fourth-order valence-corrected chi connectivity index (χ4v) is 0.350. The minimum absolute atomic E-state index is 0. The molecular formula is C6H12BNW. The van der Waals surface area contributed by atoms with Crippen LogP contribution in [0.5, 0.6) is 0 Å². The molecular weight excluding hydrogens is 281 g/mol. The van der Waals surface area contributed by atoms with Crippen LogP contribution < -0.4 is 5.32 Å². The standard InChI is InChI=1S/C6H12BN.W/c1-3-6(2)8-5-4-7;/h3,5-6,8H,4H2,1-2H3;/q-2;+2/t6-;/m1./s1. The van der Waals surface area contributed by atoms with Crippen molar-refractivity contribution in [3.05, 3.63) is 13.0 Å². The van der Waals surface area contributed by atoms with Crippen molar-refractivity contribution >= 4 is 7.85 Å². The van der Waals surface area contributed by atoms with Gasteiger partial charge in [0, 0.05) is 7.85 Å². The molecule has 0 fully saturated rings. The summed E-state index contributed by atoms with van der Waals surface area (Å²) in [5, 5.41) is 3.08. The molecule has 1 N–H and O–H groups in total. The van der Waals surface area contributed by atoms with Crippen molar-refractivity contribution in [1.29, 1.82) is 0 Å². The first kappa shape index (κ1) is 12.4. The molecule has 0 aromatic heterocycles. The van der Waals surface area contributed by atoms with E-state index in [0.29, 0.717) is 12.4 Å². The average molecular weight is 293 g/mol. The topological polar surface area (TPSA) is 12.0 Å². The zero-order valence-electron chi connectivity index (χ0n) is 5.92. The fourth-order valence-electron chi connectivity index (χ4n) is 0.350. The first-order valence-electron chi connectivity index (χ1n) is 2.88. The van der Waals surface area contributed by atoms with Crippen LogP contribution in [0, 0.1) is 13.0 Å². The molecule has 0 rings (SSSR count). The van der Waals surface area contributed by atoms with Gasteiger partial charge < -0.3 is 11.7 Å². The van der Waals surface area contributed by atoms with Crippen molar-refractivity contribution in [3.63, 3.8) is 0 Å². The molecule has 0 amide bonds. The molecule has 0 aliphatic carbocycles. The SMILES string of the molecule is [B]C[CH-]N[C@H](C)[CH-]C.[W+2]. The van der Waals surface area contributed by atoms with Gasteiger partial charge in [-0.3, -0.25) is 6.54 Å². The van der Waals surface area contributed by atoms with Crippen molar-refractivity contribution < 1.29 is 21.1 Å². The summed E-state index contributed by atoms with van der Waals surface area (Å²) >= 11 is 0. The Morgan fingerprint density at radius 3 is 2.56 bits per heavy atom. The monoisotopic (exact) mass is 293 g/mol. The van der Waals surface area contributed by atoms with Gasteiger partial charge in [0.15, 0.2) is 0 Å². The maximum Gasteiger partial charge on any atom is 2.00 e. The summed E-state index contributed by atoms with van der Waals surface area (Å²) in [6.07, 6.45) is 2.67. The Kier molecular flexibility index (Phi) is 12.0. The minimum atomic E-state index is 0. The van der Waals surface area contributed by atoms with Crippen molar-refractivity contribution in [2.75, 3.05) is 0 Å². The molecule has 9 heavy (non-hydrogen) atoms. The third-order valence-corrected chi connectivity index (χ3v) is 0.999. The van der Waals surface area contributed by atoms with E-state index in [2.05, 4.69) is 18.7 Å². The fraction of sp³-hybridized carbons (Fsp3) is 0.667. The van der Waals surface area contributed by atoms with E-state index in [1.54, 1.807) is 0 Å². The molecule has 0 spiro atoms. The number of hydrogen-bond donors (Lipinski definition) is 1. The van der Waals surface area contributed by atoms with Gasteiger partial charge in [-0.1, -0.05) is 6.92 Å². The van der Waals surface area contributed by atoms with Gasteiger partial charge >= 0.3 is 21.1 Å². The van der Waals surface area contributed by atoms with Gasteiger partial charge in [0.25, 0.3) is 0 Å². The zero-order valence-corrected chi connectivity index (χ0v) is 8.86. The summed E-state index contributed by atoms with van der Waals surface area (Å²) in [5.74, 6) is 0. The molecule has 0 unspecified atom stereocenters. The van der Waals surface area contributed by atoms with E-state index in [1.165, 1.54) is 0 Å². The van der Waals surface area contributed by atoms with Crippen LogP contribution in [0.1, 0.15) is 13.8 Å².